The number of methoxy groups -OCH3 is 1. The largest absolute Gasteiger partial charge is 0.497 e. The number of carbonyl (C=O) groups excluding carboxylic acids is 1. The number of ether oxygens (including phenoxy) is 2. The number of aromatic nitrogens is 2. The van der Waals surface area contributed by atoms with E-state index in [-0.39, 0.29) is 18.7 Å². The van der Waals surface area contributed by atoms with Gasteiger partial charge in [0, 0.05) is 6.07 Å². The van der Waals surface area contributed by atoms with E-state index in [1.165, 1.54) is 17.9 Å². The number of esters is 1. The second kappa shape index (κ2) is 5.51. The summed E-state index contributed by atoms with van der Waals surface area (Å²) < 4.78 is 11.3. The van der Waals surface area contributed by atoms with Gasteiger partial charge in [0.25, 0.3) is 5.56 Å². The van der Waals surface area contributed by atoms with Gasteiger partial charge >= 0.3 is 5.97 Å². The molecule has 1 aromatic heterocycles. The molecule has 100 valence electrons. The molecule has 1 aromatic carbocycles. The van der Waals surface area contributed by atoms with Crippen LogP contribution in [0.2, 0.25) is 0 Å². The maximum absolute atomic E-state index is 11.8. The summed E-state index contributed by atoms with van der Waals surface area (Å²) in [5.41, 5.74) is 0.804. The number of fused-ring (bicyclic) bond motifs is 1. The fraction of sp³-hybridized carbons (Fsp3) is 0.308. The lowest BCUT2D eigenvalue weighted by atomic mass is 10.2. The molecule has 0 amide bonds. The number of rotatable bonds is 4. The van der Waals surface area contributed by atoms with Gasteiger partial charge in [-0.25, -0.2) is 4.98 Å². The topological polar surface area (TPSA) is 70.4 Å². The second-order valence-corrected chi connectivity index (χ2v) is 3.84. The first-order valence-corrected chi connectivity index (χ1v) is 5.85. The van der Waals surface area contributed by atoms with Crippen LogP contribution in [0.3, 0.4) is 0 Å². The Hall–Kier alpha value is -2.37. The standard InChI is InChI=1S/C13H14N2O4/c1-3-19-13(17)8-15-11-6-9(18-2)4-5-10(11)14-7-12(15)16/h4-7H,3,8H2,1-2H3. The third-order valence-electron chi connectivity index (χ3n) is 2.65. The molecule has 0 saturated carbocycles. The van der Waals surface area contributed by atoms with Gasteiger partial charge in [0.15, 0.2) is 0 Å². The number of hydrogen-bond donors (Lipinski definition) is 0. The van der Waals surface area contributed by atoms with Crippen LogP contribution < -0.4 is 10.3 Å². The van der Waals surface area contributed by atoms with Gasteiger partial charge in [-0.2, -0.15) is 0 Å². The van der Waals surface area contributed by atoms with Crippen LogP contribution in [0.15, 0.2) is 29.2 Å². The van der Waals surface area contributed by atoms with Gasteiger partial charge in [-0.05, 0) is 19.1 Å². The summed E-state index contributed by atoms with van der Waals surface area (Å²) in [5, 5.41) is 0. The van der Waals surface area contributed by atoms with E-state index in [2.05, 4.69) is 4.98 Å². The molecule has 6 heteroatoms. The summed E-state index contributed by atoms with van der Waals surface area (Å²) in [6.07, 6.45) is 1.19. The molecular formula is C13H14N2O4. The van der Waals surface area contributed by atoms with Gasteiger partial charge in [0.1, 0.15) is 12.3 Å². The highest BCUT2D eigenvalue weighted by atomic mass is 16.5. The first kappa shape index (κ1) is 13.1. The molecular weight excluding hydrogens is 248 g/mol. The number of hydrogen-bond acceptors (Lipinski definition) is 5. The molecule has 0 radical (unpaired) electrons. The zero-order valence-corrected chi connectivity index (χ0v) is 10.8. The minimum absolute atomic E-state index is 0.140. The zero-order chi connectivity index (χ0) is 13.8. The van der Waals surface area contributed by atoms with Crippen molar-refractivity contribution in [2.45, 2.75) is 13.5 Å². The van der Waals surface area contributed by atoms with E-state index in [4.69, 9.17) is 9.47 Å². The van der Waals surface area contributed by atoms with Crippen molar-refractivity contribution in [2.24, 2.45) is 0 Å². The van der Waals surface area contributed by atoms with Crippen molar-refractivity contribution >= 4 is 17.0 Å². The Kier molecular flexibility index (Phi) is 3.79. The van der Waals surface area contributed by atoms with Crippen LogP contribution in [0.1, 0.15) is 6.92 Å². The fourth-order valence-electron chi connectivity index (χ4n) is 1.77. The molecule has 0 saturated heterocycles. The van der Waals surface area contributed by atoms with Crippen molar-refractivity contribution in [3.63, 3.8) is 0 Å². The Bertz CT molecular complexity index is 663. The molecule has 0 bridgehead atoms. The summed E-state index contributed by atoms with van der Waals surface area (Å²) >= 11 is 0. The van der Waals surface area contributed by atoms with E-state index >= 15 is 0 Å². The molecule has 0 unspecified atom stereocenters. The van der Waals surface area contributed by atoms with Crippen LogP contribution in [0.25, 0.3) is 11.0 Å². The summed E-state index contributed by atoms with van der Waals surface area (Å²) in [6.45, 7) is 1.85. The molecule has 0 spiro atoms. The Balaban J connectivity index is 2.53. The van der Waals surface area contributed by atoms with Gasteiger partial charge in [-0.15, -0.1) is 0 Å². The number of nitrogens with zero attached hydrogens (tertiary/aromatic N) is 2. The molecule has 0 aliphatic heterocycles. The summed E-state index contributed by atoms with van der Waals surface area (Å²) in [4.78, 5) is 27.4. The van der Waals surface area contributed by atoms with Crippen molar-refractivity contribution in [3.05, 3.63) is 34.7 Å². The Morgan fingerprint density at radius 3 is 2.89 bits per heavy atom. The lowest BCUT2D eigenvalue weighted by Gasteiger charge is -2.09. The van der Waals surface area contributed by atoms with Crippen LogP contribution in [0.5, 0.6) is 5.75 Å². The van der Waals surface area contributed by atoms with Crippen molar-refractivity contribution in [1.29, 1.82) is 0 Å². The average Bonchev–Trinajstić information content (AvgIpc) is 2.42. The molecule has 0 atom stereocenters. The molecule has 2 rings (SSSR count). The molecule has 6 nitrogen and oxygen atoms in total. The fourth-order valence-corrected chi connectivity index (χ4v) is 1.77. The maximum atomic E-state index is 11.8. The van der Waals surface area contributed by atoms with E-state index in [1.54, 1.807) is 25.1 Å². The molecule has 1 heterocycles. The van der Waals surface area contributed by atoms with Gasteiger partial charge in [0.05, 0.1) is 30.9 Å². The summed E-state index contributed by atoms with van der Waals surface area (Å²) in [5.74, 6) is 0.137. The lowest BCUT2D eigenvalue weighted by molar-refractivity contribution is -0.143. The molecule has 0 aliphatic rings. The van der Waals surface area contributed by atoms with Crippen molar-refractivity contribution in [3.8, 4) is 5.75 Å². The van der Waals surface area contributed by atoms with Crippen molar-refractivity contribution in [1.82, 2.24) is 9.55 Å². The Morgan fingerprint density at radius 1 is 1.42 bits per heavy atom. The minimum Gasteiger partial charge on any atom is -0.497 e. The smallest absolute Gasteiger partial charge is 0.326 e. The SMILES string of the molecule is CCOC(=O)Cn1c(=O)cnc2ccc(OC)cc21. The van der Waals surface area contributed by atoms with Crippen molar-refractivity contribution in [2.75, 3.05) is 13.7 Å². The molecule has 2 aromatic rings. The van der Waals surface area contributed by atoms with Gasteiger partial charge in [-0.3, -0.25) is 14.2 Å². The van der Waals surface area contributed by atoms with Gasteiger partial charge in [0.2, 0.25) is 0 Å². The highest BCUT2D eigenvalue weighted by molar-refractivity contribution is 5.78. The molecule has 0 N–H and O–H groups in total. The van der Waals surface area contributed by atoms with Crippen LogP contribution in [0, 0.1) is 0 Å². The molecule has 0 aliphatic carbocycles. The molecule has 19 heavy (non-hydrogen) atoms. The van der Waals surface area contributed by atoms with Gasteiger partial charge < -0.3 is 9.47 Å². The first-order valence-electron chi connectivity index (χ1n) is 5.85. The van der Waals surface area contributed by atoms with E-state index in [9.17, 15) is 9.59 Å². The summed E-state index contributed by atoms with van der Waals surface area (Å²) in [7, 11) is 1.53. The van der Waals surface area contributed by atoms with E-state index in [1.807, 2.05) is 0 Å². The van der Waals surface area contributed by atoms with Gasteiger partial charge in [-0.1, -0.05) is 0 Å². The normalized spacial score (nSPS) is 10.4. The van der Waals surface area contributed by atoms with Crippen LogP contribution >= 0.6 is 0 Å². The minimum atomic E-state index is -0.458. The van der Waals surface area contributed by atoms with Crippen LogP contribution in [0.4, 0.5) is 0 Å². The van der Waals surface area contributed by atoms with E-state index in [0.29, 0.717) is 16.8 Å². The number of benzene rings is 1. The van der Waals surface area contributed by atoms with E-state index < -0.39 is 5.97 Å². The maximum Gasteiger partial charge on any atom is 0.326 e. The second-order valence-electron chi connectivity index (χ2n) is 3.84. The average molecular weight is 262 g/mol. The predicted molar refractivity (Wildman–Crippen MR) is 69.2 cm³/mol. The zero-order valence-electron chi connectivity index (χ0n) is 10.8. The quantitative estimate of drug-likeness (QED) is 0.768. The monoisotopic (exact) mass is 262 g/mol. The third-order valence-corrected chi connectivity index (χ3v) is 2.65. The van der Waals surface area contributed by atoms with E-state index in [0.717, 1.165) is 0 Å². The highest BCUT2D eigenvalue weighted by Crippen LogP contribution is 2.17. The first-order chi connectivity index (χ1) is 9.15. The van der Waals surface area contributed by atoms with Crippen molar-refractivity contribution < 1.29 is 14.3 Å². The lowest BCUT2D eigenvalue weighted by Crippen LogP contribution is -2.25. The summed E-state index contributed by atoms with van der Waals surface area (Å²) in [6, 6.07) is 5.15. The van der Waals surface area contributed by atoms with Crippen LogP contribution in [-0.2, 0) is 16.1 Å². The Morgan fingerprint density at radius 2 is 2.21 bits per heavy atom. The third kappa shape index (κ3) is 2.73. The Labute approximate surface area is 109 Å². The predicted octanol–water partition coefficient (Wildman–Crippen LogP) is 0.968. The molecule has 0 fully saturated rings. The highest BCUT2D eigenvalue weighted by Gasteiger charge is 2.10. The van der Waals surface area contributed by atoms with Crippen LogP contribution in [-0.4, -0.2) is 29.2 Å². The number of carbonyl (C=O) groups is 1.